The summed E-state index contributed by atoms with van der Waals surface area (Å²) in [6.45, 7) is -2.90. The number of carbonyl (C=O) groups is 1. The average molecular weight is 343 g/mol. The molecule has 0 saturated heterocycles. The van der Waals surface area contributed by atoms with E-state index in [4.69, 9.17) is 23.2 Å². The fourth-order valence-electron chi connectivity index (χ4n) is 1.71. The summed E-state index contributed by atoms with van der Waals surface area (Å²) in [6.07, 6.45) is 2.88. The Morgan fingerprint density at radius 1 is 1.09 bits per heavy atom. The van der Waals surface area contributed by atoms with Crippen molar-refractivity contribution >= 4 is 35.1 Å². The first kappa shape index (κ1) is 16.5. The van der Waals surface area contributed by atoms with Gasteiger partial charge in [-0.3, -0.25) is 4.79 Å². The Morgan fingerprint density at radius 2 is 1.77 bits per heavy atom. The third kappa shape index (κ3) is 4.29. The number of hydrogen-bond acceptors (Lipinski definition) is 2. The molecule has 2 nitrogen and oxygen atoms in total. The van der Waals surface area contributed by atoms with E-state index in [-0.39, 0.29) is 11.5 Å². The SMILES string of the molecule is O=C(/C=C/c1cccc(Cl)c1Cl)c1ccc(OC(F)F)cc1. The smallest absolute Gasteiger partial charge is 0.387 e. The zero-order chi connectivity index (χ0) is 16.1. The van der Waals surface area contributed by atoms with Gasteiger partial charge in [-0.25, -0.2) is 0 Å². The number of benzene rings is 2. The van der Waals surface area contributed by atoms with Crippen LogP contribution in [0.25, 0.3) is 6.08 Å². The second kappa shape index (κ2) is 7.38. The zero-order valence-corrected chi connectivity index (χ0v) is 12.6. The Kier molecular flexibility index (Phi) is 5.52. The van der Waals surface area contributed by atoms with Crippen LogP contribution >= 0.6 is 23.2 Å². The Balaban J connectivity index is 2.11. The van der Waals surface area contributed by atoms with Crippen molar-refractivity contribution in [2.75, 3.05) is 0 Å². The highest BCUT2D eigenvalue weighted by Crippen LogP contribution is 2.26. The highest BCUT2D eigenvalue weighted by Gasteiger charge is 2.07. The molecule has 114 valence electrons. The number of halogens is 4. The first-order valence-corrected chi connectivity index (χ1v) is 6.94. The number of carbonyl (C=O) groups excluding carboxylic acids is 1. The van der Waals surface area contributed by atoms with Gasteiger partial charge in [0.1, 0.15) is 5.75 Å². The Bertz CT molecular complexity index is 698. The van der Waals surface area contributed by atoms with Gasteiger partial charge in [-0.05, 0) is 48.0 Å². The summed E-state index contributed by atoms with van der Waals surface area (Å²) in [5.74, 6) is -0.298. The summed E-state index contributed by atoms with van der Waals surface area (Å²) >= 11 is 11.9. The van der Waals surface area contributed by atoms with Crippen molar-refractivity contribution in [2.24, 2.45) is 0 Å². The first-order chi connectivity index (χ1) is 10.5. The molecule has 0 saturated carbocycles. The molecule has 6 heteroatoms. The van der Waals surface area contributed by atoms with Crippen LogP contribution < -0.4 is 4.74 Å². The highest BCUT2D eigenvalue weighted by molar-refractivity contribution is 6.42. The van der Waals surface area contributed by atoms with Gasteiger partial charge in [0, 0.05) is 5.56 Å². The van der Waals surface area contributed by atoms with Gasteiger partial charge in [-0.15, -0.1) is 0 Å². The van der Waals surface area contributed by atoms with Crippen LogP contribution in [0.15, 0.2) is 48.5 Å². The van der Waals surface area contributed by atoms with Crippen LogP contribution in [0.3, 0.4) is 0 Å². The fraction of sp³-hybridized carbons (Fsp3) is 0.0625. The van der Waals surface area contributed by atoms with Crippen LogP contribution in [-0.4, -0.2) is 12.4 Å². The van der Waals surface area contributed by atoms with Crippen molar-refractivity contribution in [2.45, 2.75) is 6.61 Å². The molecule has 0 heterocycles. The molecule has 0 radical (unpaired) electrons. The lowest BCUT2D eigenvalue weighted by molar-refractivity contribution is -0.0498. The summed E-state index contributed by atoms with van der Waals surface area (Å²) in [5, 5.41) is 0.749. The van der Waals surface area contributed by atoms with Gasteiger partial charge in [-0.2, -0.15) is 8.78 Å². The summed E-state index contributed by atoms with van der Waals surface area (Å²) < 4.78 is 28.3. The standard InChI is InChI=1S/C16H10Cl2F2O2/c17-13-3-1-2-11(15(13)18)6-9-14(21)10-4-7-12(8-5-10)22-16(19)20/h1-9,16H/b9-6+. The lowest BCUT2D eigenvalue weighted by Crippen LogP contribution is -2.02. The number of allylic oxidation sites excluding steroid dienone is 1. The average Bonchev–Trinajstić information content (AvgIpc) is 2.48. The van der Waals surface area contributed by atoms with E-state index in [0.717, 1.165) is 0 Å². The lowest BCUT2D eigenvalue weighted by atomic mass is 10.1. The minimum Gasteiger partial charge on any atom is -0.435 e. The normalized spacial score (nSPS) is 11.1. The van der Waals surface area contributed by atoms with E-state index in [1.54, 1.807) is 24.3 Å². The third-order valence-electron chi connectivity index (χ3n) is 2.76. The van der Waals surface area contributed by atoms with E-state index in [1.807, 2.05) is 0 Å². The topological polar surface area (TPSA) is 26.3 Å². The van der Waals surface area contributed by atoms with Gasteiger partial charge in [0.05, 0.1) is 10.0 Å². The molecule has 0 bridgehead atoms. The molecule has 0 aliphatic rings. The van der Waals surface area contributed by atoms with E-state index < -0.39 is 6.61 Å². The van der Waals surface area contributed by atoms with E-state index in [9.17, 15) is 13.6 Å². The Labute approximate surface area is 135 Å². The minimum atomic E-state index is -2.90. The molecular formula is C16H10Cl2F2O2. The number of rotatable bonds is 5. The molecule has 0 amide bonds. The van der Waals surface area contributed by atoms with Gasteiger partial charge < -0.3 is 4.74 Å². The van der Waals surface area contributed by atoms with Crippen LogP contribution in [0.1, 0.15) is 15.9 Å². The maximum Gasteiger partial charge on any atom is 0.387 e. The molecule has 22 heavy (non-hydrogen) atoms. The molecule has 0 aliphatic carbocycles. The molecular weight excluding hydrogens is 333 g/mol. The molecule has 0 aromatic heterocycles. The molecule has 0 unspecified atom stereocenters. The maximum atomic E-state index is 12.0. The van der Waals surface area contributed by atoms with Crippen LogP contribution in [0, 0.1) is 0 Å². The van der Waals surface area contributed by atoms with Gasteiger partial charge >= 0.3 is 6.61 Å². The maximum absolute atomic E-state index is 12.0. The summed E-state index contributed by atoms with van der Waals surface area (Å²) in [7, 11) is 0. The molecule has 2 aromatic rings. The van der Waals surface area contributed by atoms with E-state index in [2.05, 4.69) is 4.74 Å². The van der Waals surface area contributed by atoms with Gasteiger partial charge in [-0.1, -0.05) is 35.3 Å². The zero-order valence-electron chi connectivity index (χ0n) is 11.1. The van der Waals surface area contributed by atoms with Crippen molar-refractivity contribution in [3.63, 3.8) is 0 Å². The van der Waals surface area contributed by atoms with Gasteiger partial charge in [0.15, 0.2) is 5.78 Å². The van der Waals surface area contributed by atoms with Crippen molar-refractivity contribution < 1.29 is 18.3 Å². The van der Waals surface area contributed by atoms with Crippen molar-refractivity contribution in [3.8, 4) is 5.75 Å². The molecule has 0 fully saturated rings. The molecule has 0 aliphatic heterocycles. The van der Waals surface area contributed by atoms with E-state index in [1.165, 1.54) is 30.3 Å². The monoisotopic (exact) mass is 342 g/mol. The van der Waals surface area contributed by atoms with E-state index >= 15 is 0 Å². The summed E-state index contributed by atoms with van der Waals surface area (Å²) in [4.78, 5) is 12.0. The molecule has 2 aromatic carbocycles. The lowest BCUT2D eigenvalue weighted by Gasteiger charge is -2.04. The van der Waals surface area contributed by atoms with Crippen LogP contribution in [-0.2, 0) is 0 Å². The Morgan fingerprint density at radius 3 is 2.41 bits per heavy atom. The van der Waals surface area contributed by atoms with Gasteiger partial charge in [0.2, 0.25) is 0 Å². The number of alkyl halides is 2. The second-order valence-corrected chi connectivity index (χ2v) is 5.03. The van der Waals surface area contributed by atoms with Crippen molar-refractivity contribution in [1.29, 1.82) is 0 Å². The van der Waals surface area contributed by atoms with Gasteiger partial charge in [0.25, 0.3) is 0 Å². The molecule has 0 atom stereocenters. The molecule has 0 spiro atoms. The molecule has 0 N–H and O–H groups in total. The minimum absolute atomic E-state index is 0.00610. The number of hydrogen-bond donors (Lipinski definition) is 0. The third-order valence-corrected chi connectivity index (χ3v) is 3.59. The highest BCUT2D eigenvalue weighted by atomic mass is 35.5. The largest absolute Gasteiger partial charge is 0.435 e. The number of ketones is 1. The van der Waals surface area contributed by atoms with Crippen LogP contribution in [0.4, 0.5) is 8.78 Å². The van der Waals surface area contributed by atoms with E-state index in [0.29, 0.717) is 21.2 Å². The predicted octanol–water partition coefficient (Wildman–Crippen LogP) is 5.49. The van der Waals surface area contributed by atoms with Crippen molar-refractivity contribution in [1.82, 2.24) is 0 Å². The quantitative estimate of drug-likeness (QED) is 0.530. The first-order valence-electron chi connectivity index (χ1n) is 6.18. The number of ether oxygens (including phenoxy) is 1. The predicted molar refractivity (Wildman–Crippen MR) is 82.9 cm³/mol. The molecule has 2 rings (SSSR count). The Hall–Kier alpha value is -1.91. The summed E-state index contributed by atoms with van der Waals surface area (Å²) in [5.41, 5.74) is 0.955. The summed E-state index contributed by atoms with van der Waals surface area (Å²) in [6, 6.07) is 10.5. The van der Waals surface area contributed by atoms with Crippen LogP contribution in [0.2, 0.25) is 10.0 Å². The van der Waals surface area contributed by atoms with Crippen molar-refractivity contribution in [3.05, 3.63) is 69.7 Å². The van der Waals surface area contributed by atoms with Crippen LogP contribution in [0.5, 0.6) is 5.75 Å². The fourth-order valence-corrected chi connectivity index (χ4v) is 2.08. The second-order valence-electron chi connectivity index (χ2n) is 4.24.